The van der Waals surface area contributed by atoms with Crippen LogP contribution in [0.15, 0.2) is 70.5 Å². The lowest BCUT2D eigenvalue weighted by molar-refractivity contribution is 0.482. The first-order valence-electron chi connectivity index (χ1n) is 8.64. The molecular weight excluding hydrogens is 428 g/mol. The second-order valence-corrected chi connectivity index (χ2v) is 9.53. The molecule has 1 aromatic heterocycles. The molecule has 0 atom stereocenters. The van der Waals surface area contributed by atoms with Crippen molar-refractivity contribution in [3.8, 4) is 0 Å². The number of hydrogen-bond acceptors (Lipinski definition) is 6. The highest BCUT2D eigenvalue weighted by Crippen LogP contribution is 2.33. The van der Waals surface area contributed by atoms with Crippen LogP contribution >= 0.6 is 0 Å². The number of rotatable bonds is 2. The molecule has 2 N–H and O–H groups in total. The summed E-state index contributed by atoms with van der Waals surface area (Å²) in [5.74, 6) is 0. The van der Waals surface area contributed by atoms with Crippen LogP contribution in [0.3, 0.4) is 0 Å². The molecule has 5 rings (SSSR count). The minimum Gasteiger partial charge on any atom is -0.282 e. The lowest BCUT2D eigenvalue weighted by atomic mass is 10.1. The third kappa shape index (κ3) is 2.81. The molecule has 0 aliphatic carbocycles. The fourth-order valence-corrected chi connectivity index (χ4v) is 5.16. The van der Waals surface area contributed by atoms with Crippen LogP contribution in [0.1, 0.15) is 0 Å². The SMILES string of the molecule is O=S(=O)(O)c1cccc2ccc3nc4c(ccc5cccc(S(=O)(=O)O)c54)nc3c12. The summed E-state index contributed by atoms with van der Waals surface area (Å²) in [5, 5.41) is 1.53. The van der Waals surface area contributed by atoms with Crippen molar-refractivity contribution >= 4 is 63.8 Å². The Bertz CT molecular complexity index is 1620. The molecule has 0 spiro atoms. The van der Waals surface area contributed by atoms with Gasteiger partial charge in [0.05, 0.1) is 22.1 Å². The van der Waals surface area contributed by atoms with Gasteiger partial charge in [0, 0.05) is 10.8 Å². The van der Waals surface area contributed by atoms with Crippen molar-refractivity contribution in [2.45, 2.75) is 9.79 Å². The summed E-state index contributed by atoms with van der Waals surface area (Å²) in [4.78, 5) is 8.49. The van der Waals surface area contributed by atoms with Crippen LogP contribution in [0.25, 0.3) is 43.6 Å². The highest BCUT2D eigenvalue weighted by atomic mass is 32.2. The van der Waals surface area contributed by atoms with Gasteiger partial charge in [-0.2, -0.15) is 16.8 Å². The molecule has 30 heavy (non-hydrogen) atoms. The molecule has 0 fully saturated rings. The van der Waals surface area contributed by atoms with Crippen molar-refractivity contribution in [3.05, 3.63) is 60.7 Å². The Morgan fingerprint density at radius 2 is 0.967 bits per heavy atom. The number of aromatic nitrogens is 2. The third-order valence-corrected chi connectivity index (χ3v) is 6.73. The molecule has 0 amide bonds. The van der Waals surface area contributed by atoms with E-state index in [0.717, 1.165) is 0 Å². The van der Waals surface area contributed by atoms with E-state index in [1.807, 2.05) is 0 Å². The maximum atomic E-state index is 11.9. The van der Waals surface area contributed by atoms with Crippen molar-refractivity contribution in [1.82, 2.24) is 9.97 Å². The van der Waals surface area contributed by atoms with Gasteiger partial charge in [0.1, 0.15) is 9.79 Å². The lowest BCUT2D eigenvalue weighted by Gasteiger charge is -2.10. The Morgan fingerprint density at radius 3 is 1.33 bits per heavy atom. The van der Waals surface area contributed by atoms with E-state index in [1.165, 1.54) is 24.3 Å². The van der Waals surface area contributed by atoms with Crippen LogP contribution in [-0.4, -0.2) is 35.9 Å². The van der Waals surface area contributed by atoms with Gasteiger partial charge in [0.2, 0.25) is 0 Å². The van der Waals surface area contributed by atoms with Crippen LogP contribution in [-0.2, 0) is 20.2 Å². The molecule has 8 nitrogen and oxygen atoms in total. The zero-order valence-corrected chi connectivity index (χ0v) is 16.6. The van der Waals surface area contributed by atoms with Crippen LogP contribution in [0.2, 0.25) is 0 Å². The molecule has 10 heteroatoms. The fraction of sp³-hybridized carbons (Fsp3) is 0. The first kappa shape index (κ1) is 18.8. The Hall–Kier alpha value is -3.18. The maximum Gasteiger partial charge on any atom is 0.295 e. The van der Waals surface area contributed by atoms with Crippen molar-refractivity contribution in [2.75, 3.05) is 0 Å². The Kier molecular flexibility index (Phi) is 3.86. The van der Waals surface area contributed by atoms with E-state index in [0.29, 0.717) is 21.8 Å². The topological polar surface area (TPSA) is 135 Å². The molecule has 5 aromatic rings. The Balaban J connectivity index is 2.03. The molecular formula is C20H12N2O6S2. The van der Waals surface area contributed by atoms with Gasteiger partial charge in [-0.05, 0) is 35.0 Å². The van der Waals surface area contributed by atoms with Crippen LogP contribution < -0.4 is 0 Å². The summed E-state index contributed by atoms with van der Waals surface area (Å²) in [6.07, 6.45) is 0. The number of fused-ring (bicyclic) bond motifs is 6. The Labute approximate surface area is 170 Å². The zero-order chi connectivity index (χ0) is 21.3. The molecule has 0 bridgehead atoms. The Morgan fingerprint density at radius 1 is 0.567 bits per heavy atom. The van der Waals surface area contributed by atoms with Gasteiger partial charge in [-0.3, -0.25) is 9.11 Å². The quantitative estimate of drug-likeness (QED) is 0.242. The largest absolute Gasteiger partial charge is 0.295 e. The predicted molar refractivity (Wildman–Crippen MR) is 112 cm³/mol. The fourth-order valence-electron chi connectivity index (χ4n) is 3.71. The van der Waals surface area contributed by atoms with Gasteiger partial charge in [0.25, 0.3) is 20.2 Å². The van der Waals surface area contributed by atoms with E-state index in [9.17, 15) is 25.9 Å². The number of nitrogens with zero attached hydrogens (tertiary/aromatic N) is 2. The van der Waals surface area contributed by atoms with Gasteiger partial charge in [-0.25, -0.2) is 9.97 Å². The van der Waals surface area contributed by atoms with E-state index in [4.69, 9.17) is 0 Å². The number of benzene rings is 4. The highest BCUT2D eigenvalue weighted by molar-refractivity contribution is 7.86. The lowest BCUT2D eigenvalue weighted by Crippen LogP contribution is -2.02. The summed E-state index contributed by atoms with van der Waals surface area (Å²) in [6, 6.07) is 15.5. The van der Waals surface area contributed by atoms with Gasteiger partial charge in [0.15, 0.2) is 0 Å². The molecule has 0 unspecified atom stereocenters. The van der Waals surface area contributed by atoms with Gasteiger partial charge >= 0.3 is 0 Å². The van der Waals surface area contributed by atoms with Crippen LogP contribution in [0.5, 0.6) is 0 Å². The van der Waals surface area contributed by atoms with Gasteiger partial charge in [-0.1, -0.05) is 36.4 Å². The number of hydrogen-bond donors (Lipinski definition) is 2. The molecule has 0 radical (unpaired) electrons. The summed E-state index contributed by atoms with van der Waals surface area (Å²) in [7, 11) is -9.03. The highest BCUT2D eigenvalue weighted by Gasteiger charge is 2.20. The minimum atomic E-state index is -4.52. The van der Waals surface area contributed by atoms with Crippen molar-refractivity contribution in [2.24, 2.45) is 0 Å². The molecule has 0 saturated carbocycles. The smallest absolute Gasteiger partial charge is 0.282 e. The van der Waals surface area contributed by atoms with Crippen LogP contribution in [0, 0.1) is 0 Å². The average molecular weight is 440 g/mol. The molecule has 0 saturated heterocycles. The van der Waals surface area contributed by atoms with E-state index in [2.05, 4.69) is 9.97 Å². The summed E-state index contributed by atoms with van der Waals surface area (Å²) < 4.78 is 66.9. The van der Waals surface area contributed by atoms with Crippen molar-refractivity contribution in [1.29, 1.82) is 0 Å². The molecule has 0 aliphatic rings. The second kappa shape index (κ2) is 6.16. The van der Waals surface area contributed by atoms with E-state index < -0.39 is 20.2 Å². The predicted octanol–water partition coefficient (Wildman–Crippen LogP) is 3.58. The maximum absolute atomic E-state index is 11.9. The van der Waals surface area contributed by atoms with E-state index >= 15 is 0 Å². The standard InChI is InChI=1S/C20H12N2O6S2/c23-29(24,25)15-5-1-3-11-7-9-13-19(17(11)15)21-14-10-8-12-4-2-6-16(30(26,27)28)18(12)20(14)22-13/h1-10H,(H,23,24,25)(H,26,27,28). The molecule has 4 aromatic carbocycles. The monoisotopic (exact) mass is 440 g/mol. The molecule has 1 heterocycles. The van der Waals surface area contributed by atoms with E-state index in [1.54, 1.807) is 36.4 Å². The summed E-state index contributed by atoms with van der Waals surface area (Å²) >= 11 is 0. The molecule has 0 aliphatic heterocycles. The molecule has 150 valence electrons. The summed E-state index contributed by atoms with van der Waals surface area (Å²) in [6.45, 7) is 0. The van der Waals surface area contributed by atoms with Crippen molar-refractivity contribution in [3.63, 3.8) is 0 Å². The summed E-state index contributed by atoms with van der Waals surface area (Å²) in [5.41, 5.74) is 1.11. The van der Waals surface area contributed by atoms with Crippen LogP contribution in [0.4, 0.5) is 0 Å². The first-order chi connectivity index (χ1) is 14.1. The average Bonchev–Trinajstić information content (AvgIpc) is 2.69. The van der Waals surface area contributed by atoms with Gasteiger partial charge in [-0.15, -0.1) is 0 Å². The third-order valence-electron chi connectivity index (χ3n) is 4.94. The zero-order valence-electron chi connectivity index (χ0n) is 15.0. The van der Waals surface area contributed by atoms with E-state index in [-0.39, 0.29) is 31.6 Å². The normalized spacial score (nSPS) is 12.9. The van der Waals surface area contributed by atoms with Crippen molar-refractivity contribution < 1.29 is 25.9 Å². The first-order valence-corrected chi connectivity index (χ1v) is 11.5. The minimum absolute atomic E-state index is 0.218. The van der Waals surface area contributed by atoms with Gasteiger partial charge < -0.3 is 0 Å². The second-order valence-electron chi connectivity index (χ2n) is 6.75.